The average Bonchev–Trinajstić information content (AvgIpc) is 2.72. The first-order chi connectivity index (χ1) is 10.3. The monoisotopic (exact) mass is 292 g/mol. The lowest BCUT2D eigenvalue weighted by molar-refractivity contribution is 0.0562. The molecule has 116 valence electrons. The smallest absolute Gasteiger partial charge is 0.0900 e. The van der Waals surface area contributed by atoms with Crippen LogP contribution in [0, 0.1) is 0 Å². The Hall–Kier alpha value is -1.14. The third-order valence-electron chi connectivity index (χ3n) is 4.02. The fraction of sp³-hybridized carbons (Fsp3) is 0.625. The van der Waals surface area contributed by atoms with Gasteiger partial charge in [-0.15, -0.1) is 0 Å². The highest BCUT2D eigenvalue weighted by Gasteiger charge is 2.17. The van der Waals surface area contributed by atoms with Gasteiger partial charge >= 0.3 is 0 Å². The first-order valence-electron chi connectivity index (χ1n) is 7.71. The Morgan fingerprint density at radius 2 is 1.90 bits per heavy atom. The van der Waals surface area contributed by atoms with Gasteiger partial charge in [0, 0.05) is 38.4 Å². The van der Waals surface area contributed by atoms with Crippen molar-refractivity contribution in [1.29, 1.82) is 0 Å². The SMILES string of the molecule is OC1COCCN(Cc2cccc(N3CCOCC3)c2)C1. The number of aliphatic hydroxyl groups excluding tert-OH is 1. The summed E-state index contributed by atoms with van der Waals surface area (Å²) in [6.45, 7) is 7.09. The minimum atomic E-state index is -0.380. The van der Waals surface area contributed by atoms with E-state index >= 15 is 0 Å². The lowest BCUT2D eigenvalue weighted by atomic mass is 10.1. The lowest BCUT2D eigenvalue weighted by Crippen LogP contribution is -2.36. The molecule has 0 saturated carbocycles. The molecular weight excluding hydrogens is 268 g/mol. The molecule has 1 unspecified atom stereocenters. The van der Waals surface area contributed by atoms with Crippen LogP contribution in [0.1, 0.15) is 5.56 Å². The van der Waals surface area contributed by atoms with E-state index < -0.39 is 0 Å². The lowest BCUT2D eigenvalue weighted by Gasteiger charge is -2.29. The minimum Gasteiger partial charge on any atom is -0.389 e. The second kappa shape index (κ2) is 7.22. The largest absolute Gasteiger partial charge is 0.389 e. The summed E-state index contributed by atoms with van der Waals surface area (Å²) in [5.41, 5.74) is 2.55. The summed E-state index contributed by atoms with van der Waals surface area (Å²) in [4.78, 5) is 4.63. The molecule has 0 aromatic heterocycles. The van der Waals surface area contributed by atoms with Gasteiger partial charge in [0.15, 0.2) is 0 Å². The summed E-state index contributed by atoms with van der Waals surface area (Å²) in [6, 6.07) is 8.69. The number of hydrogen-bond donors (Lipinski definition) is 1. The van der Waals surface area contributed by atoms with Crippen molar-refractivity contribution in [2.75, 3.05) is 57.5 Å². The van der Waals surface area contributed by atoms with E-state index in [2.05, 4.69) is 34.1 Å². The Bertz CT molecular complexity index is 449. The van der Waals surface area contributed by atoms with Crippen molar-refractivity contribution >= 4 is 5.69 Å². The van der Waals surface area contributed by atoms with Crippen LogP contribution in [0.2, 0.25) is 0 Å². The number of ether oxygens (including phenoxy) is 2. The molecule has 1 atom stereocenters. The maximum Gasteiger partial charge on any atom is 0.0900 e. The Labute approximate surface area is 126 Å². The second-order valence-corrected chi connectivity index (χ2v) is 5.73. The summed E-state index contributed by atoms with van der Waals surface area (Å²) < 4.78 is 10.8. The fourth-order valence-corrected chi connectivity index (χ4v) is 2.93. The average molecular weight is 292 g/mol. The van der Waals surface area contributed by atoms with Crippen molar-refractivity contribution in [3.63, 3.8) is 0 Å². The molecular formula is C16H24N2O3. The number of nitrogens with zero attached hydrogens (tertiary/aromatic N) is 2. The predicted octanol–water partition coefficient (Wildman–Crippen LogP) is 0.716. The van der Waals surface area contributed by atoms with Gasteiger partial charge in [-0.05, 0) is 17.7 Å². The number of hydrogen-bond acceptors (Lipinski definition) is 5. The number of benzene rings is 1. The quantitative estimate of drug-likeness (QED) is 0.889. The fourth-order valence-electron chi connectivity index (χ4n) is 2.93. The standard InChI is InChI=1S/C16H24N2O3/c19-16-12-17(4-7-21-13-16)11-14-2-1-3-15(10-14)18-5-8-20-9-6-18/h1-3,10,16,19H,4-9,11-13H2. The molecule has 0 amide bonds. The van der Waals surface area contributed by atoms with Crippen LogP contribution in [0.15, 0.2) is 24.3 Å². The van der Waals surface area contributed by atoms with Gasteiger partial charge in [-0.25, -0.2) is 0 Å². The summed E-state index contributed by atoms with van der Waals surface area (Å²) in [5.74, 6) is 0. The van der Waals surface area contributed by atoms with Gasteiger partial charge in [0.1, 0.15) is 0 Å². The maximum absolute atomic E-state index is 9.81. The normalized spacial score (nSPS) is 24.8. The van der Waals surface area contributed by atoms with E-state index in [9.17, 15) is 5.11 Å². The Kier molecular flexibility index (Phi) is 5.08. The molecule has 1 aromatic rings. The zero-order chi connectivity index (χ0) is 14.5. The molecule has 21 heavy (non-hydrogen) atoms. The maximum atomic E-state index is 9.81. The number of anilines is 1. The zero-order valence-electron chi connectivity index (χ0n) is 12.4. The van der Waals surface area contributed by atoms with E-state index in [-0.39, 0.29) is 6.10 Å². The molecule has 2 heterocycles. The van der Waals surface area contributed by atoms with E-state index in [1.165, 1.54) is 11.3 Å². The van der Waals surface area contributed by atoms with Crippen LogP contribution in [0.3, 0.4) is 0 Å². The Morgan fingerprint density at radius 3 is 2.76 bits per heavy atom. The van der Waals surface area contributed by atoms with Crippen molar-refractivity contribution in [2.24, 2.45) is 0 Å². The van der Waals surface area contributed by atoms with Crippen molar-refractivity contribution in [2.45, 2.75) is 12.6 Å². The molecule has 1 aromatic carbocycles. The van der Waals surface area contributed by atoms with Crippen LogP contribution in [0.4, 0.5) is 5.69 Å². The first kappa shape index (κ1) is 14.8. The highest BCUT2D eigenvalue weighted by molar-refractivity contribution is 5.48. The minimum absolute atomic E-state index is 0.380. The Balaban J connectivity index is 1.64. The van der Waals surface area contributed by atoms with E-state index in [0.29, 0.717) is 19.8 Å². The number of rotatable bonds is 3. The third kappa shape index (κ3) is 4.17. The van der Waals surface area contributed by atoms with Gasteiger partial charge in [0.2, 0.25) is 0 Å². The molecule has 0 bridgehead atoms. The molecule has 2 saturated heterocycles. The summed E-state index contributed by atoms with van der Waals surface area (Å²) in [6.07, 6.45) is -0.380. The summed E-state index contributed by atoms with van der Waals surface area (Å²) in [7, 11) is 0. The Morgan fingerprint density at radius 1 is 1.10 bits per heavy atom. The van der Waals surface area contributed by atoms with Crippen molar-refractivity contribution in [3.8, 4) is 0 Å². The predicted molar refractivity (Wildman–Crippen MR) is 81.6 cm³/mol. The second-order valence-electron chi connectivity index (χ2n) is 5.73. The highest BCUT2D eigenvalue weighted by atomic mass is 16.5. The molecule has 2 aliphatic heterocycles. The van der Waals surface area contributed by atoms with Crippen LogP contribution < -0.4 is 4.90 Å². The van der Waals surface area contributed by atoms with Gasteiger partial charge in [-0.2, -0.15) is 0 Å². The van der Waals surface area contributed by atoms with Crippen LogP contribution >= 0.6 is 0 Å². The van der Waals surface area contributed by atoms with Crippen LogP contribution in [0.25, 0.3) is 0 Å². The van der Waals surface area contributed by atoms with Gasteiger partial charge in [0.05, 0.1) is 32.5 Å². The van der Waals surface area contributed by atoms with Crippen LogP contribution in [-0.2, 0) is 16.0 Å². The molecule has 0 spiro atoms. The first-order valence-corrected chi connectivity index (χ1v) is 7.71. The molecule has 0 aliphatic carbocycles. The molecule has 0 radical (unpaired) electrons. The highest BCUT2D eigenvalue weighted by Crippen LogP contribution is 2.19. The number of aliphatic hydroxyl groups is 1. The van der Waals surface area contributed by atoms with Crippen LogP contribution in [-0.4, -0.2) is 68.7 Å². The van der Waals surface area contributed by atoms with Gasteiger partial charge in [-0.3, -0.25) is 4.90 Å². The topological polar surface area (TPSA) is 45.2 Å². The van der Waals surface area contributed by atoms with E-state index in [1.54, 1.807) is 0 Å². The molecule has 2 fully saturated rings. The molecule has 5 heteroatoms. The summed E-state index contributed by atoms with van der Waals surface area (Å²) in [5, 5.41) is 9.81. The third-order valence-corrected chi connectivity index (χ3v) is 4.02. The molecule has 5 nitrogen and oxygen atoms in total. The van der Waals surface area contributed by atoms with Crippen molar-refractivity contribution in [3.05, 3.63) is 29.8 Å². The van der Waals surface area contributed by atoms with E-state index in [0.717, 1.165) is 39.4 Å². The zero-order valence-corrected chi connectivity index (χ0v) is 12.4. The molecule has 1 N–H and O–H groups in total. The van der Waals surface area contributed by atoms with Gasteiger partial charge < -0.3 is 19.5 Å². The molecule has 2 aliphatic rings. The van der Waals surface area contributed by atoms with E-state index in [4.69, 9.17) is 9.47 Å². The van der Waals surface area contributed by atoms with Crippen molar-refractivity contribution < 1.29 is 14.6 Å². The number of morpholine rings is 1. The molecule has 3 rings (SSSR count). The van der Waals surface area contributed by atoms with E-state index in [1.807, 2.05) is 0 Å². The van der Waals surface area contributed by atoms with Gasteiger partial charge in [-0.1, -0.05) is 12.1 Å². The van der Waals surface area contributed by atoms with Gasteiger partial charge in [0.25, 0.3) is 0 Å². The van der Waals surface area contributed by atoms with Crippen molar-refractivity contribution in [1.82, 2.24) is 4.90 Å². The number of β-amino-alcohol motifs (C(OH)–C–C–N with tert-alkyl or cyclic N) is 1. The summed E-state index contributed by atoms with van der Waals surface area (Å²) >= 11 is 0. The van der Waals surface area contributed by atoms with Crippen LogP contribution in [0.5, 0.6) is 0 Å².